The third-order valence-electron chi connectivity index (χ3n) is 5.93. The summed E-state index contributed by atoms with van der Waals surface area (Å²) in [5.74, 6) is -0.724. The van der Waals surface area contributed by atoms with E-state index in [9.17, 15) is 22.4 Å². The molecule has 1 aliphatic heterocycles. The van der Waals surface area contributed by atoms with Gasteiger partial charge in [0.1, 0.15) is 5.82 Å². The number of benzene rings is 2. The molecule has 3 aromatic rings. The minimum absolute atomic E-state index is 0.0890. The van der Waals surface area contributed by atoms with E-state index >= 15 is 0 Å². The number of aryl methyl sites for hydroxylation is 1. The van der Waals surface area contributed by atoms with Crippen molar-refractivity contribution in [3.8, 4) is 0 Å². The zero-order valence-corrected chi connectivity index (χ0v) is 19.9. The van der Waals surface area contributed by atoms with Crippen molar-refractivity contribution in [3.05, 3.63) is 63.5 Å². The van der Waals surface area contributed by atoms with Gasteiger partial charge in [0, 0.05) is 32.1 Å². The van der Waals surface area contributed by atoms with Crippen LogP contribution in [0.2, 0.25) is 0 Å². The van der Waals surface area contributed by atoms with Crippen molar-refractivity contribution in [1.29, 1.82) is 0 Å². The summed E-state index contributed by atoms with van der Waals surface area (Å²) in [6, 6.07) is 10.8. The van der Waals surface area contributed by atoms with Gasteiger partial charge in [0.25, 0.3) is 0 Å². The Morgan fingerprint density at radius 3 is 2.52 bits per heavy atom. The van der Waals surface area contributed by atoms with Crippen molar-refractivity contribution in [1.82, 2.24) is 14.2 Å². The standard InChI is InChI=1S/C23H26FN3O4S2/c1-2-11-27-20-8-7-19(14-21(20)32-23(27)29)33(30,31)26-12-9-17(10-13-26)22(28)25-15-16-3-5-18(24)6-4-16/h3-8,14,17H,2,9-13,15H2,1H3,(H,25,28). The average molecular weight is 492 g/mol. The molecule has 1 fully saturated rings. The minimum atomic E-state index is -3.72. The Labute approximate surface area is 195 Å². The molecule has 0 radical (unpaired) electrons. The highest BCUT2D eigenvalue weighted by atomic mass is 32.2. The van der Waals surface area contributed by atoms with Gasteiger partial charge in [-0.1, -0.05) is 30.4 Å². The summed E-state index contributed by atoms with van der Waals surface area (Å²) in [5, 5.41) is 2.85. The topological polar surface area (TPSA) is 88.5 Å². The van der Waals surface area contributed by atoms with E-state index in [2.05, 4.69) is 5.32 Å². The molecule has 0 unspecified atom stereocenters. The van der Waals surface area contributed by atoms with Crippen LogP contribution in [-0.2, 0) is 27.9 Å². The van der Waals surface area contributed by atoms with Crippen molar-refractivity contribution >= 4 is 37.5 Å². The van der Waals surface area contributed by atoms with Crippen LogP contribution in [0.15, 0.2) is 52.2 Å². The SMILES string of the molecule is CCCn1c(=O)sc2cc(S(=O)(=O)N3CCC(C(=O)NCc4ccc(F)cc4)CC3)ccc21. The molecule has 0 atom stereocenters. The number of aromatic nitrogens is 1. The lowest BCUT2D eigenvalue weighted by atomic mass is 9.97. The van der Waals surface area contributed by atoms with Gasteiger partial charge in [0.2, 0.25) is 15.9 Å². The summed E-state index contributed by atoms with van der Waals surface area (Å²) < 4.78 is 43.1. The number of rotatable bonds is 7. The Kier molecular flexibility index (Phi) is 6.96. The van der Waals surface area contributed by atoms with Gasteiger partial charge in [-0.15, -0.1) is 0 Å². The Balaban J connectivity index is 1.39. The zero-order chi connectivity index (χ0) is 23.6. The van der Waals surface area contributed by atoms with Crippen LogP contribution in [0.5, 0.6) is 0 Å². The molecule has 2 aromatic carbocycles. The molecule has 0 spiro atoms. The van der Waals surface area contributed by atoms with E-state index in [1.165, 1.54) is 16.4 Å². The number of fused-ring (bicyclic) bond motifs is 1. The molecule has 4 rings (SSSR count). The number of sulfonamides is 1. The smallest absolute Gasteiger partial charge is 0.308 e. The molecule has 2 heterocycles. The lowest BCUT2D eigenvalue weighted by molar-refractivity contribution is -0.126. The van der Waals surface area contributed by atoms with E-state index < -0.39 is 10.0 Å². The lowest BCUT2D eigenvalue weighted by Crippen LogP contribution is -2.42. The van der Waals surface area contributed by atoms with Crippen LogP contribution in [0.4, 0.5) is 4.39 Å². The van der Waals surface area contributed by atoms with E-state index in [0.29, 0.717) is 30.6 Å². The fourth-order valence-corrected chi connectivity index (χ4v) is 6.61. The molecule has 0 bridgehead atoms. The predicted octanol–water partition coefficient (Wildman–Crippen LogP) is 3.33. The number of piperidine rings is 1. The first-order valence-electron chi connectivity index (χ1n) is 11.0. The highest BCUT2D eigenvalue weighted by Crippen LogP contribution is 2.27. The molecule has 0 aliphatic carbocycles. The van der Waals surface area contributed by atoms with Crippen molar-refractivity contribution in [2.75, 3.05) is 13.1 Å². The van der Waals surface area contributed by atoms with Gasteiger partial charge >= 0.3 is 4.87 Å². The fourth-order valence-electron chi connectivity index (χ4n) is 4.09. The van der Waals surface area contributed by atoms with Crippen LogP contribution in [0.1, 0.15) is 31.7 Å². The largest absolute Gasteiger partial charge is 0.352 e. The quantitative estimate of drug-likeness (QED) is 0.549. The summed E-state index contributed by atoms with van der Waals surface area (Å²) in [6.45, 7) is 3.39. The number of nitrogens with one attached hydrogen (secondary N) is 1. The molecule has 1 aromatic heterocycles. The molecule has 10 heteroatoms. The highest BCUT2D eigenvalue weighted by Gasteiger charge is 2.32. The number of carbonyl (C=O) groups is 1. The van der Waals surface area contributed by atoms with Gasteiger partial charge in [-0.2, -0.15) is 4.31 Å². The van der Waals surface area contributed by atoms with Crippen LogP contribution in [-0.4, -0.2) is 36.3 Å². The molecular formula is C23H26FN3O4S2. The van der Waals surface area contributed by atoms with E-state index in [-0.39, 0.29) is 40.5 Å². The second-order valence-corrected chi connectivity index (χ2v) is 11.1. The molecule has 7 nitrogen and oxygen atoms in total. The van der Waals surface area contributed by atoms with Gasteiger partial charge in [-0.25, -0.2) is 12.8 Å². The summed E-state index contributed by atoms with van der Waals surface area (Å²) >= 11 is 1.06. The third kappa shape index (κ3) is 5.02. The number of nitrogens with zero attached hydrogens (tertiary/aromatic N) is 2. The second kappa shape index (κ2) is 9.74. The normalized spacial score (nSPS) is 15.7. The zero-order valence-electron chi connectivity index (χ0n) is 18.3. The maximum atomic E-state index is 13.2. The summed E-state index contributed by atoms with van der Waals surface area (Å²) in [5.41, 5.74) is 1.55. The van der Waals surface area contributed by atoms with Gasteiger partial charge in [0.15, 0.2) is 0 Å². The average Bonchev–Trinajstić information content (AvgIpc) is 3.13. The number of hydrogen-bond acceptors (Lipinski definition) is 5. The first kappa shape index (κ1) is 23.6. The van der Waals surface area contributed by atoms with Crippen molar-refractivity contribution < 1.29 is 17.6 Å². The molecule has 1 N–H and O–H groups in total. The predicted molar refractivity (Wildman–Crippen MR) is 126 cm³/mol. The molecule has 176 valence electrons. The number of halogens is 1. The Bertz CT molecular complexity index is 1310. The van der Waals surface area contributed by atoms with Gasteiger partial charge in [-0.05, 0) is 55.2 Å². The molecular weight excluding hydrogens is 465 g/mol. The maximum absolute atomic E-state index is 13.2. The van der Waals surface area contributed by atoms with Gasteiger partial charge < -0.3 is 5.32 Å². The molecule has 33 heavy (non-hydrogen) atoms. The molecule has 0 saturated carbocycles. The molecule has 1 aliphatic rings. The monoisotopic (exact) mass is 491 g/mol. The Morgan fingerprint density at radius 2 is 1.85 bits per heavy atom. The fraction of sp³-hybridized carbons (Fsp3) is 0.391. The van der Waals surface area contributed by atoms with E-state index in [0.717, 1.165) is 28.8 Å². The maximum Gasteiger partial charge on any atom is 0.308 e. The molecule has 1 saturated heterocycles. The van der Waals surface area contributed by atoms with Crippen molar-refractivity contribution in [2.24, 2.45) is 5.92 Å². The molecule has 1 amide bonds. The highest BCUT2D eigenvalue weighted by molar-refractivity contribution is 7.89. The van der Waals surface area contributed by atoms with E-state index in [4.69, 9.17) is 0 Å². The minimum Gasteiger partial charge on any atom is -0.352 e. The van der Waals surface area contributed by atoms with E-state index in [1.807, 2.05) is 6.92 Å². The number of thiazole rings is 1. The van der Waals surface area contributed by atoms with Gasteiger partial charge in [0.05, 0.1) is 15.1 Å². The first-order chi connectivity index (χ1) is 15.8. The van der Waals surface area contributed by atoms with Crippen LogP contribution < -0.4 is 10.2 Å². The van der Waals surface area contributed by atoms with Crippen LogP contribution >= 0.6 is 11.3 Å². The van der Waals surface area contributed by atoms with Crippen molar-refractivity contribution in [3.63, 3.8) is 0 Å². The van der Waals surface area contributed by atoms with Crippen LogP contribution in [0.25, 0.3) is 10.2 Å². The first-order valence-corrected chi connectivity index (χ1v) is 13.2. The Morgan fingerprint density at radius 1 is 1.15 bits per heavy atom. The summed E-state index contributed by atoms with van der Waals surface area (Å²) in [6.07, 6.45) is 1.67. The lowest BCUT2D eigenvalue weighted by Gasteiger charge is -2.30. The van der Waals surface area contributed by atoms with Crippen molar-refractivity contribution in [2.45, 2.75) is 44.2 Å². The number of carbonyl (C=O) groups excluding carboxylic acids is 1. The van der Waals surface area contributed by atoms with Crippen LogP contribution in [0.3, 0.4) is 0 Å². The second-order valence-electron chi connectivity index (χ2n) is 8.17. The third-order valence-corrected chi connectivity index (χ3v) is 8.77. The van der Waals surface area contributed by atoms with E-state index in [1.54, 1.807) is 34.9 Å². The number of amides is 1. The Hall–Kier alpha value is -2.56. The summed E-state index contributed by atoms with van der Waals surface area (Å²) in [7, 11) is -3.72. The number of hydrogen-bond donors (Lipinski definition) is 1. The van der Waals surface area contributed by atoms with Gasteiger partial charge in [-0.3, -0.25) is 14.2 Å². The van der Waals surface area contributed by atoms with Crippen LogP contribution in [0, 0.1) is 11.7 Å². The summed E-state index contributed by atoms with van der Waals surface area (Å²) in [4.78, 5) is 24.8.